The third kappa shape index (κ3) is 4.99. The Bertz CT molecular complexity index is 668. The number of carbonyl (C=O) groups excluding carboxylic acids is 1. The van der Waals surface area contributed by atoms with Crippen LogP contribution in [0.4, 0.5) is 4.79 Å². The highest BCUT2D eigenvalue weighted by Gasteiger charge is 2.16. The van der Waals surface area contributed by atoms with E-state index in [1.807, 2.05) is 32.7 Å². The first kappa shape index (κ1) is 18.3. The maximum atomic E-state index is 12.2. The van der Waals surface area contributed by atoms with Gasteiger partial charge in [0, 0.05) is 17.2 Å². The predicted molar refractivity (Wildman–Crippen MR) is 96.9 cm³/mol. The van der Waals surface area contributed by atoms with Gasteiger partial charge in [-0.2, -0.15) is 0 Å². The molecule has 0 bridgehead atoms. The summed E-state index contributed by atoms with van der Waals surface area (Å²) in [4.78, 5) is 13.4. The van der Waals surface area contributed by atoms with E-state index < -0.39 is 0 Å². The van der Waals surface area contributed by atoms with Gasteiger partial charge in [0.1, 0.15) is 6.33 Å². The summed E-state index contributed by atoms with van der Waals surface area (Å²) in [6.45, 7) is 8.19. The third-order valence-electron chi connectivity index (χ3n) is 3.58. The van der Waals surface area contributed by atoms with Crippen LogP contribution in [0.5, 0.6) is 0 Å². The maximum Gasteiger partial charge on any atom is 0.315 e. The van der Waals surface area contributed by atoms with E-state index in [1.165, 1.54) is 4.90 Å². The van der Waals surface area contributed by atoms with Gasteiger partial charge in [-0.05, 0) is 31.5 Å². The molecule has 2 aromatic rings. The van der Waals surface area contributed by atoms with E-state index in [2.05, 4.69) is 58.9 Å². The number of hydrogen-bond acceptors (Lipinski definition) is 4. The smallest absolute Gasteiger partial charge is 0.315 e. The number of aromatic nitrogens is 3. The second kappa shape index (κ2) is 8.19. The fourth-order valence-corrected chi connectivity index (χ4v) is 3.21. The summed E-state index contributed by atoms with van der Waals surface area (Å²) in [6.07, 6.45) is 1.62. The Labute approximate surface area is 147 Å². The molecule has 2 N–H and O–H groups in total. The Hall–Kier alpha value is -2.02. The quantitative estimate of drug-likeness (QED) is 0.785. The van der Waals surface area contributed by atoms with Crippen molar-refractivity contribution in [1.29, 1.82) is 0 Å². The number of carbonyl (C=O) groups is 1. The minimum Gasteiger partial charge on any atom is -0.332 e. The highest BCUT2D eigenvalue weighted by Crippen LogP contribution is 2.24. The summed E-state index contributed by atoms with van der Waals surface area (Å²) in [5, 5.41) is 14.2. The van der Waals surface area contributed by atoms with Crippen LogP contribution in [0.1, 0.15) is 51.2 Å². The van der Waals surface area contributed by atoms with Crippen LogP contribution in [0.2, 0.25) is 0 Å². The van der Waals surface area contributed by atoms with Gasteiger partial charge in [0.2, 0.25) is 0 Å². The molecule has 0 saturated heterocycles. The zero-order chi connectivity index (χ0) is 17.7. The zero-order valence-corrected chi connectivity index (χ0v) is 15.6. The van der Waals surface area contributed by atoms with Gasteiger partial charge >= 0.3 is 6.03 Å². The number of benzene rings is 1. The molecule has 0 aliphatic heterocycles. The summed E-state index contributed by atoms with van der Waals surface area (Å²) >= 11 is 1.83. The molecular formula is C17H25N5OS. The summed E-state index contributed by atoms with van der Waals surface area (Å²) in [7, 11) is 1.85. The Morgan fingerprint density at radius 2 is 1.71 bits per heavy atom. The number of urea groups is 1. The number of thioether (sulfide) groups is 1. The standard InChI is InChI=1S/C17H25N5OS/c1-11(2)24-15-8-6-14(7-9-15)12(3)19-17(23)20-13(4)16-21-18-10-22(16)5/h6-13H,1-5H3,(H2,19,20,23)/t12-,13-/m1/s1. The van der Waals surface area contributed by atoms with Gasteiger partial charge in [-0.1, -0.05) is 26.0 Å². The second-order valence-corrected chi connectivity index (χ2v) is 7.75. The molecule has 2 rings (SSSR count). The molecule has 0 aliphatic rings. The van der Waals surface area contributed by atoms with Crippen molar-refractivity contribution in [2.24, 2.45) is 7.05 Å². The lowest BCUT2D eigenvalue weighted by Crippen LogP contribution is -2.39. The van der Waals surface area contributed by atoms with Crippen molar-refractivity contribution >= 4 is 17.8 Å². The molecule has 130 valence electrons. The van der Waals surface area contributed by atoms with Crippen molar-refractivity contribution in [3.8, 4) is 0 Å². The SMILES string of the molecule is CC(C)Sc1ccc([C@@H](C)NC(=O)N[C@H](C)c2nncn2C)cc1. The minimum atomic E-state index is -0.223. The van der Waals surface area contributed by atoms with E-state index in [9.17, 15) is 4.79 Å². The van der Waals surface area contributed by atoms with Crippen LogP contribution in [0.25, 0.3) is 0 Å². The van der Waals surface area contributed by atoms with Gasteiger partial charge in [-0.15, -0.1) is 22.0 Å². The highest BCUT2D eigenvalue weighted by molar-refractivity contribution is 7.99. The molecule has 0 unspecified atom stereocenters. The van der Waals surface area contributed by atoms with Crippen LogP contribution < -0.4 is 10.6 Å². The first-order chi connectivity index (χ1) is 11.4. The van der Waals surface area contributed by atoms with Gasteiger partial charge < -0.3 is 15.2 Å². The van der Waals surface area contributed by atoms with Crippen molar-refractivity contribution in [3.63, 3.8) is 0 Å². The molecule has 7 heteroatoms. The van der Waals surface area contributed by atoms with E-state index in [0.29, 0.717) is 11.1 Å². The van der Waals surface area contributed by atoms with Gasteiger partial charge in [0.05, 0.1) is 12.1 Å². The molecule has 24 heavy (non-hydrogen) atoms. The van der Waals surface area contributed by atoms with E-state index in [-0.39, 0.29) is 18.1 Å². The lowest BCUT2D eigenvalue weighted by atomic mass is 10.1. The molecule has 1 heterocycles. The van der Waals surface area contributed by atoms with Crippen LogP contribution in [0.15, 0.2) is 35.5 Å². The molecule has 6 nitrogen and oxygen atoms in total. The van der Waals surface area contributed by atoms with Crippen LogP contribution >= 0.6 is 11.8 Å². The average molecular weight is 347 g/mol. The summed E-state index contributed by atoms with van der Waals surface area (Å²) < 4.78 is 1.79. The van der Waals surface area contributed by atoms with Crippen molar-refractivity contribution in [3.05, 3.63) is 42.0 Å². The molecule has 2 amide bonds. The Balaban J connectivity index is 1.90. The lowest BCUT2D eigenvalue weighted by molar-refractivity contribution is 0.234. The van der Waals surface area contributed by atoms with Crippen LogP contribution in [-0.2, 0) is 7.05 Å². The summed E-state index contributed by atoms with van der Waals surface area (Å²) in [6, 6.07) is 7.79. The van der Waals surface area contributed by atoms with Crippen LogP contribution in [-0.4, -0.2) is 26.0 Å². The average Bonchev–Trinajstić information content (AvgIpc) is 2.93. The summed E-state index contributed by atoms with van der Waals surface area (Å²) in [5.74, 6) is 0.716. The minimum absolute atomic E-state index is 0.0743. The monoisotopic (exact) mass is 347 g/mol. The fourth-order valence-electron chi connectivity index (χ4n) is 2.37. The number of amides is 2. The molecule has 1 aromatic carbocycles. The van der Waals surface area contributed by atoms with Crippen molar-refractivity contribution in [2.45, 2.75) is 49.9 Å². The maximum absolute atomic E-state index is 12.2. The van der Waals surface area contributed by atoms with Gasteiger partial charge in [-0.3, -0.25) is 0 Å². The van der Waals surface area contributed by atoms with Gasteiger partial charge in [-0.25, -0.2) is 4.79 Å². The molecule has 2 atom stereocenters. The molecule has 0 aliphatic carbocycles. The molecule has 0 saturated carbocycles. The van der Waals surface area contributed by atoms with Crippen molar-refractivity contribution in [2.75, 3.05) is 0 Å². The first-order valence-corrected chi connectivity index (χ1v) is 8.92. The largest absolute Gasteiger partial charge is 0.332 e. The topological polar surface area (TPSA) is 71.8 Å². The second-order valence-electron chi connectivity index (χ2n) is 6.10. The molecule has 1 aromatic heterocycles. The number of aryl methyl sites for hydroxylation is 1. The molecule has 0 fully saturated rings. The number of hydrogen-bond donors (Lipinski definition) is 2. The highest BCUT2D eigenvalue weighted by atomic mass is 32.2. The predicted octanol–water partition coefficient (Wildman–Crippen LogP) is 3.44. The molecular weight excluding hydrogens is 322 g/mol. The summed E-state index contributed by atoms with van der Waals surface area (Å²) in [5.41, 5.74) is 1.07. The first-order valence-electron chi connectivity index (χ1n) is 8.04. The Morgan fingerprint density at radius 3 is 2.25 bits per heavy atom. The van der Waals surface area contributed by atoms with Gasteiger partial charge in [0.15, 0.2) is 5.82 Å². The van der Waals surface area contributed by atoms with E-state index in [1.54, 1.807) is 10.9 Å². The third-order valence-corrected chi connectivity index (χ3v) is 4.60. The van der Waals surface area contributed by atoms with Crippen molar-refractivity contribution in [1.82, 2.24) is 25.4 Å². The molecule has 0 radical (unpaired) electrons. The lowest BCUT2D eigenvalue weighted by Gasteiger charge is -2.18. The fraction of sp³-hybridized carbons (Fsp3) is 0.471. The van der Waals surface area contributed by atoms with E-state index >= 15 is 0 Å². The van der Waals surface area contributed by atoms with Crippen molar-refractivity contribution < 1.29 is 4.79 Å². The number of nitrogens with zero attached hydrogens (tertiary/aromatic N) is 3. The number of rotatable bonds is 6. The Morgan fingerprint density at radius 1 is 1.08 bits per heavy atom. The van der Waals surface area contributed by atoms with E-state index in [4.69, 9.17) is 0 Å². The zero-order valence-electron chi connectivity index (χ0n) is 14.8. The molecule has 0 spiro atoms. The van der Waals surface area contributed by atoms with Crippen LogP contribution in [0.3, 0.4) is 0 Å². The Kier molecular flexibility index (Phi) is 6.25. The van der Waals surface area contributed by atoms with E-state index in [0.717, 1.165) is 5.56 Å². The normalized spacial score (nSPS) is 13.6. The number of nitrogens with one attached hydrogen (secondary N) is 2. The van der Waals surface area contributed by atoms with Crippen LogP contribution in [0, 0.1) is 0 Å². The van der Waals surface area contributed by atoms with Gasteiger partial charge in [0.25, 0.3) is 0 Å².